The van der Waals surface area contributed by atoms with Gasteiger partial charge in [0, 0.05) is 36.9 Å². The Morgan fingerprint density at radius 2 is 1.63 bits per heavy atom. The summed E-state index contributed by atoms with van der Waals surface area (Å²) >= 11 is 1.83. The van der Waals surface area contributed by atoms with Gasteiger partial charge in [-0.15, -0.1) is 0 Å². The van der Waals surface area contributed by atoms with Crippen LogP contribution >= 0.6 is 11.8 Å². The summed E-state index contributed by atoms with van der Waals surface area (Å²) in [5, 5.41) is 14.5. The number of para-hydroxylation sites is 2. The third kappa shape index (κ3) is 9.57. The van der Waals surface area contributed by atoms with E-state index in [1.807, 2.05) is 11.8 Å². The van der Waals surface area contributed by atoms with E-state index in [1.54, 1.807) is 0 Å². The van der Waals surface area contributed by atoms with Crippen molar-refractivity contribution in [1.29, 1.82) is 0 Å². The highest BCUT2D eigenvalue weighted by Gasteiger charge is 2.22. The molecule has 0 saturated carbocycles. The first kappa shape index (κ1) is 32.6. The molecule has 0 unspecified atom stereocenters. The summed E-state index contributed by atoms with van der Waals surface area (Å²) in [6, 6.07) is 18.7. The van der Waals surface area contributed by atoms with Gasteiger partial charge in [0.2, 0.25) is 11.4 Å². The monoisotopic (exact) mass is 603 g/mol. The predicted octanol–water partition coefficient (Wildman–Crippen LogP) is 6.88. The van der Waals surface area contributed by atoms with Crippen molar-refractivity contribution in [2.75, 3.05) is 18.5 Å². The number of aromatic nitrogens is 1. The van der Waals surface area contributed by atoms with Gasteiger partial charge in [0.05, 0.1) is 16.1 Å². The van der Waals surface area contributed by atoms with E-state index >= 15 is 0 Å². The van der Waals surface area contributed by atoms with Gasteiger partial charge in [-0.3, -0.25) is 4.79 Å². The number of fused-ring (bicyclic) bond motifs is 2. The summed E-state index contributed by atoms with van der Waals surface area (Å²) in [7, 11) is 2.14. The van der Waals surface area contributed by atoms with Crippen molar-refractivity contribution >= 4 is 46.3 Å². The summed E-state index contributed by atoms with van der Waals surface area (Å²) in [6.45, 7) is 1.55. The van der Waals surface area contributed by atoms with E-state index in [4.69, 9.17) is 5.73 Å². The van der Waals surface area contributed by atoms with Crippen LogP contribution in [0.1, 0.15) is 82.6 Å². The number of aryl methyl sites for hydroxylation is 1. The molecule has 3 aromatic rings. The first-order valence-electron chi connectivity index (χ1n) is 15.8. The number of anilines is 1. The quantitative estimate of drug-likeness (QED) is 0.108. The third-order valence-corrected chi connectivity index (χ3v) is 9.31. The fourth-order valence-corrected chi connectivity index (χ4v) is 6.76. The van der Waals surface area contributed by atoms with Crippen molar-refractivity contribution in [2.45, 2.75) is 94.5 Å². The molecule has 1 aromatic heterocycles. The molecule has 1 amide bonds. The van der Waals surface area contributed by atoms with Crippen LogP contribution in [0.25, 0.3) is 17.0 Å². The second-order valence-electron chi connectivity index (χ2n) is 11.4. The average Bonchev–Trinajstić information content (AvgIpc) is 3.33. The molecule has 0 saturated heterocycles. The Morgan fingerprint density at radius 3 is 2.37 bits per heavy atom. The van der Waals surface area contributed by atoms with Crippen LogP contribution in [0.3, 0.4) is 0 Å². The van der Waals surface area contributed by atoms with Crippen molar-refractivity contribution in [3.8, 4) is 0 Å². The number of unbranched alkanes of at least 4 members (excludes halogenated alkanes) is 8. The van der Waals surface area contributed by atoms with E-state index in [9.17, 15) is 14.7 Å². The van der Waals surface area contributed by atoms with Crippen molar-refractivity contribution in [3.63, 3.8) is 0 Å². The smallest absolute Gasteiger partial charge is 0.326 e. The number of amides is 1. The highest BCUT2D eigenvalue weighted by atomic mass is 32.2. The number of aliphatic carboxylic acids is 1. The number of hydrogen-bond acceptors (Lipinski definition) is 5. The number of benzene rings is 2. The summed E-state index contributed by atoms with van der Waals surface area (Å²) in [5.41, 5.74) is 9.25. The van der Waals surface area contributed by atoms with Crippen LogP contribution in [-0.2, 0) is 16.1 Å². The van der Waals surface area contributed by atoms with Crippen LogP contribution in [0.5, 0.6) is 0 Å². The fraction of sp³-hybridized carbons (Fsp3) is 0.457. The zero-order valence-corrected chi connectivity index (χ0v) is 26.3. The minimum atomic E-state index is -0.968. The van der Waals surface area contributed by atoms with E-state index in [2.05, 4.69) is 88.7 Å². The molecule has 8 heteroatoms. The minimum Gasteiger partial charge on any atom is -0.480 e. The van der Waals surface area contributed by atoms with E-state index in [1.165, 1.54) is 57.8 Å². The van der Waals surface area contributed by atoms with Crippen molar-refractivity contribution < 1.29 is 19.3 Å². The van der Waals surface area contributed by atoms with Crippen LogP contribution < -0.4 is 20.5 Å². The first-order chi connectivity index (χ1) is 21.0. The van der Waals surface area contributed by atoms with Gasteiger partial charge >= 0.3 is 5.97 Å². The molecule has 1 aliphatic rings. The maximum absolute atomic E-state index is 12.1. The topological polar surface area (TPSA) is 99.5 Å². The lowest BCUT2D eigenvalue weighted by Crippen LogP contribution is -2.40. The maximum atomic E-state index is 12.1. The Kier molecular flexibility index (Phi) is 12.9. The van der Waals surface area contributed by atoms with Gasteiger partial charge in [0.25, 0.3) is 0 Å². The van der Waals surface area contributed by atoms with Gasteiger partial charge in [-0.2, -0.15) is 4.57 Å². The standard InChI is InChI=1S/C35H46N4O3S/c1-38-31-19-11-12-20-32(31)43-34(38)26-27-22-25-39(30-18-10-9-16-28(27)30)24-15-7-5-3-2-4-6-8-21-33(40)37-29(35(41)42)17-13-14-23-36/h9-12,16,18-20,22,25-26,29H,2-8,13-15,17,21,23-24,36H2,1H3,(H-,37,40,41,42)/p+1/t29-/m0/s1. The largest absolute Gasteiger partial charge is 0.480 e. The number of hydrogen-bond donors (Lipinski definition) is 3. The van der Waals surface area contributed by atoms with E-state index in [0.717, 1.165) is 38.6 Å². The fourth-order valence-electron chi connectivity index (χ4n) is 5.65. The molecule has 4 N–H and O–H groups in total. The third-order valence-electron chi connectivity index (χ3n) is 8.14. The molecule has 2 heterocycles. The number of carbonyl (C=O) groups excluding carboxylic acids is 1. The molecule has 1 atom stereocenters. The van der Waals surface area contributed by atoms with Gasteiger partial charge < -0.3 is 21.1 Å². The normalized spacial score (nSPS) is 14.3. The molecular weight excluding hydrogens is 556 g/mol. The summed E-state index contributed by atoms with van der Waals surface area (Å²) < 4.78 is 2.38. The highest BCUT2D eigenvalue weighted by Crippen LogP contribution is 2.45. The second kappa shape index (κ2) is 17.1. The number of carboxylic acid groups (broad SMARTS) is 1. The Labute approximate surface area is 260 Å². The van der Waals surface area contributed by atoms with Crippen LogP contribution in [0.2, 0.25) is 0 Å². The van der Waals surface area contributed by atoms with E-state index in [0.29, 0.717) is 25.8 Å². The molecule has 1 aliphatic heterocycles. The van der Waals surface area contributed by atoms with Crippen LogP contribution in [0.4, 0.5) is 5.69 Å². The number of pyridine rings is 1. The van der Waals surface area contributed by atoms with Crippen molar-refractivity contribution in [1.82, 2.24) is 5.32 Å². The van der Waals surface area contributed by atoms with Gasteiger partial charge in [0.15, 0.2) is 6.20 Å². The van der Waals surface area contributed by atoms with E-state index in [-0.39, 0.29) is 5.91 Å². The highest BCUT2D eigenvalue weighted by molar-refractivity contribution is 8.03. The number of thioether (sulfide) groups is 1. The average molecular weight is 604 g/mol. The van der Waals surface area contributed by atoms with Gasteiger partial charge in [-0.05, 0) is 68.5 Å². The van der Waals surface area contributed by atoms with E-state index < -0.39 is 12.0 Å². The molecule has 7 nitrogen and oxygen atoms in total. The Hall–Kier alpha value is -3.36. The molecule has 0 spiro atoms. The van der Waals surface area contributed by atoms with Gasteiger partial charge in [-0.1, -0.05) is 68.1 Å². The van der Waals surface area contributed by atoms with Gasteiger partial charge in [0.1, 0.15) is 12.6 Å². The molecule has 0 aliphatic carbocycles. The molecule has 0 fully saturated rings. The Bertz CT molecular complexity index is 1390. The first-order valence-corrected chi connectivity index (χ1v) is 16.7. The van der Waals surface area contributed by atoms with Crippen LogP contribution in [0.15, 0.2) is 70.7 Å². The lowest BCUT2D eigenvalue weighted by atomic mass is 10.1. The molecule has 0 radical (unpaired) electrons. The minimum absolute atomic E-state index is 0.162. The maximum Gasteiger partial charge on any atom is 0.326 e. The lowest BCUT2D eigenvalue weighted by molar-refractivity contribution is -0.671. The Morgan fingerprint density at radius 1 is 0.930 bits per heavy atom. The zero-order valence-electron chi connectivity index (χ0n) is 25.5. The van der Waals surface area contributed by atoms with Gasteiger partial charge in [-0.25, -0.2) is 4.79 Å². The molecular formula is C35H47N4O3S+. The number of nitrogens with zero attached hydrogens (tertiary/aromatic N) is 2. The number of nitrogens with one attached hydrogen (secondary N) is 1. The Balaban J connectivity index is 1.14. The number of rotatable bonds is 18. The summed E-state index contributed by atoms with van der Waals surface area (Å²) in [6.07, 6.45) is 15.7. The molecule has 4 rings (SSSR count). The predicted molar refractivity (Wildman–Crippen MR) is 177 cm³/mol. The van der Waals surface area contributed by atoms with Crippen LogP contribution in [0, 0.1) is 0 Å². The molecule has 43 heavy (non-hydrogen) atoms. The summed E-state index contributed by atoms with van der Waals surface area (Å²) in [5.74, 6) is -1.13. The number of carboxylic acids is 1. The molecule has 0 bridgehead atoms. The lowest BCUT2D eigenvalue weighted by Gasteiger charge is -2.14. The van der Waals surface area contributed by atoms with Crippen molar-refractivity contribution in [3.05, 3.63) is 71.4 Å². The zero-order chi connectivity index (χ0) is 30.4. The SMILES string of the molecule is CN1C(=Cc2cc[n+](CCCCCCCCCCC(=O)N[C@@H](CCCCN)C(=O)O)c3ccccc23)Sc2ccccc21. The number of nitrogens with two attached hydrogens (primary N) is 1. The molecule has 230 valence electrons. The summed E-state index contributed by atoms with van der Waals surface area (Å²) in [4.78, 5) is 27.1. The van der Waals surface area contributed by atoms with Crippen molar-refractivity contribution in [2.24, 2.45) is 5.73 Å². The molecule has 2 aromatic carbocycles. The second-order valence-corrected chi connectivity index (χ2v) is 12.5. The number of carbonyl (C=O) groups is 2. The van der Waals surface area contributed by atoms with Crippen LogP contribution in [-0.4, -0.2) is 36.6 Å².